The highest BCUT2D eigenvalue weighted by molar-refractivity contribution is 5.85. The maximum Gasteiger partial charge on any atom is 0.160 e. The van der Waals surface area contributed by atoms with Gasteiger partial charge in [0.25, 0.3) is 0 Å². The molecule has 1 fully saturated rings. The zero-order valence-corrected chi connectivity index (χ0v) is 13.3. The fourth-order valence-electron chi connectivity index (χ4n) is 2.89. The molecule has 1 unspecified atom stereocenters. The predicted octanol–water partition coefficient (Wildman–Crippen LogP) is 2.92. The third kappa shape index (κ3) is 3.53. The number of oxime groups is 1. The smallest absolute Gasteiger partial charge is 0.160 e. The summed E-state index contributed by atoms with van der Waals surface area (Å²) in [5.41, 5.74) is 2.31. The van der Waals surface area contributed by atoms with E-state index in [1.165, 1.54) is 12.8 Å². The summed E-state index contributed by atoms with van der Waals surface area (Å²) in [5, 5.41) is 13.9. The number of nitrogens with zero attached hydrogens (tertiary/aromatic N) is 2. The SMILES string of the molecule is CCC1=NOC(CN(Cc2ccc(O)c(OC)c2)C2CC2)C1. The van der Waals surface area contributed by atoms with Gasteiger partial charge in [0, 0.05) is 25.6 Å². The lowest BCUT2D eigenvalue weighted by Gasteiger charge is -2.24. The van der Waals surface area contributed by atoms with Crippen molar-refractivity contribution < 1.29 is 14.7 Å². The second-order valence-corrected chi connectivity index (χ2v) is 6.11. The Bertz CT molecular complexity index is 555. The second kappa shape index (κ2) is 6.57. The number of benzene rings is 1. The molecule has 1 heterocycles. The standard InChI is InChI=1S/C17H24N2O3/c1-3-13-9-15(22-18-13)11-19(14-5-6-14)10-12-4-7-16(20)17(8-12)21-2/h4,7-8,14-15,20H,3,5-6,9-11H2,1-2H3. The minimum Gasteiger partial charge on any atom is -0.504 e. The molecule has 1 aliphatic heterocycles. The minimum atomic E-state index is 0.176. The summed E-state index contributed by atoms with van der Waals surface area (Å²) in [6.45, 7) is 3.87. The van der Waals surface area contributed by atoms with Crippen LogP contribution in [0.3, 0.4) is 0 Å². The Hall–Kier alpha value is -1.75. The van der Waals surface area contributed by atoms with Gasteiger partial charge in [-0.25, -0.2) is 0 Å². The number of ether oxygens (including phenoxy) is 1. The third-order valence-corrected chi connectivity index (χ3v) is 4.33. The van der Waals surface area contributed by atoms with Crippen LogP contribution in [-0.4, -0.2) is 41.5 Å². The highest BCUT2D eigenvalue weighted by atomic mass is 16.6. The molecule has 120 valence electrons. The Kier molecular flexibility index (Phi) is 4.52. The second-order valence-electron chi connectivity index (χ2n) is 6.11. The van der Waals surface area contributed by atoms with Crippen molar-refractivity contribution in [2.45, 2.75) is 51.3 Å². The van der Waals surface area contributed by atoms with Gasteiger partial charge in [-0.3, -0.25) is 4.90 Å². The summed E-state index contributed by atoms with van der Waals surface area (Å²) in [7, 11) is 1.58. The van der Waals surface area contributed by atoms with Crippen molar-refractivity contribution in [3.05, 3.63) is 23.8 Å². The molecule has 1 aromatic rings. The molecule has 1 N–H and O–H groups in total. The van der Waals surface area contributed by atoms with E-state index >= 15 is 0 Å². The summed E-state index contributed by atoms with van der Waals surface area (Å²) in [4.78, 5) is 8.01. The molecule has 1 saturated carbocycles. The summed E-state index contributed by atoms with van der Waals surface area (Å²) < 4.78 is 5.19. The molecule has 5 heteroatoms. The summed E-state index contributed by atoms with van der Waals surface area (Å²) >= 11 is 0. The molecule has 0 saturated heterocycles. The van der Waals surface area contributed by atoms with Crippen molar-refractivity contribution >= 4 is 5.71 Å². The molecule has 0 radical (unpaired) electrons. The first-order valence-corrected chi connectivity index (χ1v) is 8.01. The maximum absolute atomic E-state index is 9.70. The molecule has 2 aliphatic rings. The van der Waals surface area contributed by atoms with Gasteiger partial charge >= 0.3 is 0 Å². The first-order chi connectivity index (χ1) is 10.7. The lowest BCUT2D eigenvalue weighted by molar-refractivity contribution is 0.0477. The van der Waals surface area contributed by atoms with Crippen LogP contribution in [0.5, 0.6) is 11.5 Å². The van der Waals surface area contributed by atoms with Crippen molar-refractivity contribution in [2.24, 2.45) is 5.16 Å². The number of rotatable bonds is 7. The fraction of sp³-hybridized carbons (Fsp3) is 0.588. The van der Waals surface area contributed by atoms with Crippen LogP contribution < -0.4 is 4.74 Å². The predicted molar refractivity (Wildman–Crippen MR) is 85.3 cm³/mol. The van der Waals surface area contributed by atoms with Crippen molar-refractivity contribution in [3.63, 3.8) is 0 Å². The van der Waals surface area contributed by atoms with Gasteiger partial charge in [0.2, 0.25) is 0 Å². The van der Waals surface area contributed by atoms with Crippen molar-refractivity contribution in [3.8, 4) is 11.5 Å². The van der Waals surface area contributed by atoms with Crippen LogP contribution in [0, 0.1) is 0 Å². The van der Waals surface area contributed by atoms with Crippen LogP contribution in [0.25, 0.3) is 0 Å². The van der Waals surface area contributed by atoms with Crippen LogP contribution in [0.15, 0.2) is 23.4 Å². The molecule has 1 aromatic carbocycles. The zero-order chi connectivity index (χ0) is 15.5. The molecule has 0 bridgehead atoms. The van der Waals surface area contributed by atoms with E-state index in [0.717, 1.165) is 37.2 Å². The first-order valence-electron chi connectivity index (χ1n) is 8.01. The van der Waals surface area contributed by atoms with Crippen LogP contribution in [0.2, 0.25) is 0 Å². The third-order valence-electron chi connectivity index (χ3n) is 4.33. The highest BCUT2D eigenvalue weighted by Gasteiger charge is 2.32. The van der Waals surface area contributed by atoms with Crippen LogP contribution >= 0.6 is 0 Å². The average Bonchev–Trinajstić information content (AvgIpc) is 3.28. The van der Waals surface area contributed by atoms with Crippen LogP contribution in [0.4, 0.5) is 0 Å². The molecular weight excluding hydrogens is 280 g/mol. The summed E-state index contributed by atoms with van der Waals surface area (Å²) in [6.07, 6.45) is 4.59. The zero-order valence-electron chi connectivity index (χ0n) is 13.3. The van der Waals surface area contributed by atoms with E-state index in [1.807, 2.05) is 12.1 Å². The molecule has 5 nitrogen and oxygen atoms in total. The quantitative estimate of drug-likeness (QED) is 0.841. The number of aromatic hydroxyl groups is 1. The minimum absolute atomic E-state index is 0.176. The maximum atomic E-state index is 9.70. The van der Waals surface area contributed by atoms with Gasteiger partial charge in [0.05, 0.1) is 12.8 Å². The Balaban J connectivity index is 1.63. The van der Waals surface area contributed by atoms with E-state index < -0.39 is 0 Å². The summed E-state index contributed by atoms with van der Waals surface area (Å²) in [5.74, 6) is 0.714. The number of methoxy groups -OCH3 is 1. The fourth-order valence-corrected chi connectivity index (χ4v) is 2.89. The number of hydrogen-bond donors (Lipinski definition) is 1. The van der Waals surface area contributed by atoms with Gasteiger partial charge in [-0.2, -0.15) is 0 Å². The first kappa shape index (κ1) is 15.2. The van der Waals surface area contributed by atoms with Gasteiger partial charge in [0.15, 0.2) is 11.5 Å². The van der Waals surface area contributed by atoms with Gasteiger partial charge in [-0.05, 0) is 37.0 Å². The Morgan fingerprint density at radius 2 is 2.23 bits per heavy atom. The topological polar surface area (TPSA) is 54.3 Å². The molecule has 1 atom stereocenters. The molecule has 0 spiro atoms. The Morgan fingerprint density at radius 3 is 2.86 bits per heavy atom. The van der Waals surface area contributed by atoms with Crippen molar-refractivity contribution in [2.75, 3.05) is 13.7 Å². The molecule has 3 rings (SSSR count). The van der Waals surface area contributed by atoms with E-state index in [4.69, 9.17) is 9.57 Å². The van der Waals surface area contributed by atoms with Gasteiger partial charge in [0.1, 0.15) is 6.10 Å². The van der Waals surface area contributed by atoms with E-state index in [0.29, 0.717) is 11.8 Å². The van der Waals surface area contributed by atoms with Gasteiger partial charge < -0.3 is 14.7 Å². The lowest BCUT2D eigenvalue weighted by atomic mass is 10.1. The highest BCUT2D eigenvalue weighted by Crippen LogP contribution is 2.32. The van der Waals surface area contributed by atoms with E-state index in [2.05, 4.69) is 17.0 Å². The molecule has 22 heavy (non-hydrogen) atoms. The van der Waals surface area contributed by atoms with Crippen LogP contribution in [-0.2, 0) is 11.4 Å². The molecule has 0 amide bonds. The van der Waals surface area contributed by atoms with Crippen LogP contribution in [0.1, 0.15) is 38.2 Å². The molecular formula is C17H24N2O3. The monoisotopic (exact) mass is 304 g/mol. The Morgan fingerprint density at radius 1 is 1.41 bits per heavy atom. The number of phenolic OH excluding ortho intramolecular Hbond substituents is 1. The Labute approximate surface area is 131 Å². The van der Waals surface area contributed by atoms with Crippen molar-refractivity contribution in [1.82, 2.24) is 4.90 Å². The van der Waals surface area contributed by atoms with Crippen molar-refractivity contribution in [1.29, 1.82) is 0 Å². The van der Waals surface area contributed by atoms with E-state index in [9.17, 15) is 5.11 Å². The number of hydrogen-bond acceptors (Lipinski definition) is 5. The van der Waals surface area contributed by atoms with E-state index in [1.54, 1.807) is 13.2 Å². The van der Waals surface area contributed by atoms with Gasteiger partial charge in [-0.15, -0.1) is 0 Å². The number of phenols is 1. The summed E-state index contributed by atoms with van der Waals surface area (Å²) in [6, 6.07) is 6.21. The largest absolute Gasteiger partial charge is 0.504 e. The average molecular weight is 304 g/mol. The molecule has 1 aliphatic carbocycles. The van der Waals surface area contributed by atoms with Gasteiger partial charge in [-0.1, -0.05) is 18.1 Å². The lowest BCUT2D eigenvalue weighted by Crippen LogP contribution is -2.34. The normalized spacial score (nSPS) is 20.9. The van der Waals surface area contributed by atoms with E-state index in [-0.39, 0.29) is 11.9 Å². The molecule has 0 aromatic heterocycles.